The Morgan fingerprint density at radius 1 is 1.57 bits per heavy atom. The Balaban J connectivity index is 2.50. The maximum Gasteiger partial charge on any atom is 0.213 e. The summed E-state index contributed by atoms with van der Waals surface area (Å²) in [4.78, 5) is 4.09. The lowest BCUT2D eigenvalue weighted by Crippen LogP contribution is -2.41. The van der Waals surface area contributed by atoms with Crippen LogP contribution in [-0.2, 0) is 0 Å². The standard InChI is InChI=1S/C10H15BrN2O/c1-3-10(2,12)7-14-9-5-4-8(11)6-13-9/h4-6H,3,7,12H2,1-2H3. The number of aromatic nitrogens is 1. The number of nitrogens with two attached hydrogens (primary N) is 1. The van der Waals surface area contributed by atoms with Crippen molar-refractivity contribution in [3.8, 4) is 5.88 Å². The minimum atomic E-state index is -0.283. The van der Waals surface area contributed by atoms with Gasteiger partial charge in [-0.05, 0) is 35.3 Å². The van der Waals surface area contributed by atoms with Gasteiger partial charge in [-0.2, -0.15) is 0 Å². The van der Waals surface area contributed by atoms with Crippen LogP contribution in [0.15, 0.2) is 22.8 Å². The van der Waals surface area contributed by atoms with E-state index in [1.807, 2.05) is 26.0 Å². The molecule has 3 nitrogen and oxygen atoms in total. The minimum Gasteiger partial charge on any atom is -0.476 e. The third-order valence-corrected chi connectivity index (χ3v) is 2.53. The van der Waals surface area contributed by atoms with E-state index in [2.05, 4.69) is 20.9 Å². The highest BCUT2D eigenvalue weighted by Crippen LogP contribution is 2.14. The number of ether oxygens (including phenoxy) is 1. The van der Waals surface area contributed by atoms with Crippen molar-refractivity contribution >= 4 is 15.9 Å². The van der Waals surface area contributed by atoms with E-state index in [0.29, 0.717) is 12.5 Å². The molecule has 0 saturated heterocycles. The first kappa shape index (κ1) is 11.5. The molecule has 0 radical (unpaired) electrons. The minimum absolute atomic E-state index is 0.283. The van der Waals surface area contributed by atoms with E-state index in [1.54, 1.807) is 6.20 Å². The number of hydrogen-bond acceptors (Lipinski definition) is 3. The van der Waals surface area contributed by atoms with Crippen LogP contribution in [0, 0.1) is 0 Å². The molecule has 1 aromatic heterocycles. The van der Waals surface area contributed by atoms with Gasteiger partial charge in [0.1, 0.15) is 6.61 Å². The summed E-state index contributed by atoms with van der Waals surface area (Å²) >= 11 is 3.31. The van der Waals surface area contributed by atoms with Gasteiger partial charge in [0.25, 0.3) is 0 Å². The molecule has 78 valence electrons. The van der Waals surface area contributed by atoms with Gasteiger partial charge in [-0.15, -0.1) is 0 Å². The molecule has 1 atom stereocenters. The number of pyridine rings is 1. The van der Waals surface area contributed by atoms with Gasteiger partial charge in [0.15, 0.2) is 0 Å². The summed E-state index contributed by atoms with van der Waals surface area (Å²) in [6.07, 6.45) is 2.58. The van der Waals surface area contributed by atoms with Gasteiger partial charge in [-0.1, -0.05) is 6.92 Å². The van der Waals surface area contributed by atoms with E-state index >= 15 is 0 Å². The number of rotatable bonds is 4. The first-order chi connectivity index (χ1) is 6.53. The molecule has 0 aromatic carbocycles. The molecule has 1 rings (SSSR count). The van der Waals surface area contributed by atoms with Crippen LogP contribution in [0.25, 0.3) is 0 Å². The predicted octanol–water partition coefficient (Wildman–Crippen LogP) is 2.35. The molecule has 0 aliphatic carbocycles. The summed E-state index contributed by atoms with van der Waals surface area (Å²) in [7, 11) is 0. The SMILES string of the molecule is CCC(C)(N)COc1ccc(Br)cn1. The number of hydrogen-bond donors (Lipinski definition) is 1. The van der Waals surface area contributed by atoms with E-state index in [9.17, 15) is 0 Å². The van der Waals surface area contributed by atoms with Crippen LogP contribution in [-0.4, -0.2) is 17.1 Å². The van der Waals surface area contributed by atoms with Gasteiger partial charge in [-0.25, -0.2) is 4.98 Å². The molecule has 0 fully saturated rings. The molecule has 1 aromatic rings. The van der Waals surface area contributed by atoms with Crippen molar-refractivity contribution < 1.29 is 4.74 Å². The van der Waals surface area contributed by atoms with Crippen LogP contribution in [0.2, 0.25) is 0 Å². The Bertz CT molecular complexity index is 285. The molecule has 14 heavy (non-hydrogen) atoms. The third-order valence-electron chi connectivity index (χ3n) is 2.06. The van der Waals surface area contributed by atoms with Crippen molar-refractivity contribution in [2.24, 2.45) is 5.73 Å². The van der Waals surface area contributed by atoms with E-state index in [1.165, 1.54) is 0 Å². The van der Waals surface area contributed by atoms with Crippen LogP contribution >= 0.6 is 15.9 Å². The quantitative estimate of drug-likeness (QED) is 0.902. The highest BCUT2D eigenvalue weighted by molar-refractivity contribution is 9.10. The lowest BCUT2D eigenvalue weighted by atomic mass is 10.0. The van der Waals surface area contributed by atoms with Crippen LogP contribution < -0.4 is 10.5 Å². The van der Waals surface area contributed by atoms with Gasteiger partial charge in [-0.3, -0.25) is 0 Å². The first-order valence-corrected chi connectivity index (χ1v) is 5.36. The highest BCUT2D eigenvalue weighted by Gasteiger charge is 2.16. The number of nitrogens with zero attached hydrogens (tertiary/aromatic N) is 1. The molecule has 0 aliphatic rings. The van der Waals surface area contributed by atoms with Gasteiger partial charge in [0.2, 0.25) is 5.88 Å². The smallest absolute Gasteiger partial charge is 0.213 e. The van der Waals surface area contributed by atoms with Gasteiger partial charge < -0.3 is 10.5 Å². The van der Waals surface area contributed by atoms with E-state index in [0.717, 1.165) is 10.9 Å². The van der Waals surface area contributed by atoms with Crippen molar-refractivity contribution in [3.63, 3.8) is 0 Å². The molecule has 0 aliphatic heterocycles. The normalized spacial score (nSPS) is 14.9. The fourth-order valence-electron chi connectivity index (χ4n) is 0.789. The fraction of sp³-hybridized carbons (Fsp3) is 0.500. The topological polar surface area (TPSA) is 48.1 Å². The highest BCUT2D eigenvalue weighted by atomic mass is 79.9. The molecule has 0 spiro atoms. The third kappa shape index (κ3) is 3.64. The first-order valence-electron chi connectivity index (χ1n) is 4.57. The lowest BCUT2D eigenvalue weighted by Gasteiger charge is -2.22. The fourth-order valence-corrected chi connectivity index (χ4v) is 1.02. The number of halogens is 1. The Labute approximate surface area is 92.8 Å². The van der Waals surface area contributed by atoms with Crippen LogP contribution in [0.5, 0.6) is 5.88 Å². The molecular weight excluding hydrogens is 244 g/mol. The second-order valence-corrected chi connectivity index (χ2v) is 4.53. The average molecular weight is 259 g/mol. The van der Waals surface area contributed by atoms with Gasteiger partial charge in [0, 0.05) is 22.3 Å². The van der Waals surface area contributed by atoms with Gasteiger partial charge >= 0.3 is 0 Å². The Morgan fingerprint density at radius 2 is 2.29 bits per heavy atom. The Hall–Kier alpha value is -0.610. The molecule has 0 amide bonds. The van der Waals surface area contributed by atoms with Crippen molar-refractivity contribution in [2.45, 2.75) is 25.8 Å². The van der Waals surface area contributed by atoms with Crippen LogP contribution in [0.4, 0.5) is 0 Å². The molecule has 1 heterocycles. The summed E-state index contributed by atoms with van der Waals surface area (Å²) in [5.41, 5.74) is 5.65. The summed E-state index contributed by atoms with van der Waals surface area (Å²) in [5, 5.41) is 0. The van der Waals surface area contributed by atoms with Crippen LogP contribution in [0.1, 0.15) is 20.3 Å². The molecule has 0 bridgehead atoms. The van der Waals surface area contributed by atoms with Crippen molar-refractivity contribution in [1.29, 1.82) is 0 Å². The maximum absolute atomic E-state index is 5.93. The van der Waals surface area contributed by atoms with Crippen LogP contribution in [0.3, 0.4) is 0 Å². The second-order valence-electron chi connectivity index (χ2n) is 3.61. The monoisotopic (exact) mass is 258 g/mol. The summed E-state index contributed by atoms with van der Waals surface area (Å²) in [5.74, 6) is 0.610. The maximum atomic E-state index is 5.93. The predicted molar refractivity (Wildman–Crippen MR) is 60.3 cm³/mol. The summed E-state index contributed by atoms with van der Waals surface area (Å²) in [6, 6.07) is 3.71. The van der Waals surface area contributed by atoms with Gasteiger partial charge in [0.05, 0.1) is 0 Å². The van der Waals surface area contributed by atoms with Crippen molar-refractivity contribution in [1.82, 2.24) is 4.98 Å². The molecule has 1 unspecified atom stereocenters. The van der Waals surface area contributed by atoms with Crippen molar-refractivity contribution in [3.05, 3.63) is 22.8 Å². The van der Waals surface area contributed by atoms with E-state index in [-0.39, 0.29) is 5.54 Å². The molecule has 4 heteroatoms. The van der Waals surface area contributed by atoms with Crippen molar-refractivity contribution in [2.75, 3.05) is 6.61 Å². The van der Waals surface area contributed by atoms with E-state index < -0.39 is 0 Å². The Kier molecular flexibility index (Phi) is 3.89. The average Bonchev–Trinajstić information content (AvgIpc) is 2.17. The zero-order valence-corrected chi connectivity index (χ0v) is 10.0. The van der Waals surface area contributed by atoms with E-state index in [4.69, 9.17) is 10.5 Å². The Morgan fingerprint density at radius 3 is 2.79 bits per heavy atom. The second kappa shape index (κ2) is 4.75. The molecular formula is C10H15BrN2O. The summed E-state index contributed by atoms with van der Waals surface area (Å²) in [6.45, 7) is 4.49. The lowest BCUT2D eigenvalue weighted by molar-refractivity contribution is 0.218. The summed E-state index contributed by atoms with van der Waals surface area (Å²) < 4.78 is 6.40. The molecule has 2 N–H and O–H groups in total. The zero-order valence-electron chi connectivity index (χ0n) is 8.46. The largest absolute Gasteiger partial charge is 0.476 e. The zero-order chi connectivity index (χ0) is 10.6. The molecule has 0 saturated carbocycles.